The molecule has 10 heteroatoms. The number of halogens is 1. The first-order chi connectivity index (χ1) is 14.3. The van der Waals surface area contributed by atoms with E-state index >= 15 is 0 Å². The molecule has 0 atom stereocenters. The van der Waals surface area contributed by atoms with Crippen LogP contribution in [0.2, 0.25) is 0 Å². The van der Waals surface area contributed by atoms with Gasteiger partial charge < -0.3 is 24.7 Å². The number of guanidine groups is 1. The number of furan rings is 1. The SMILES string of the molecule is CN=C(NCCCOCc1ccco1)NCCN1CCN(c2ncccn2)CC1.I. The molecule has 3 heterocycles. The molecule has 0 bridgehead atoms. The first-order valence-corrected chi connectivity index (χ1v) is 10.1. The highest BCUT2D eigenvalue weighted by molar-refractivity contribution is 14.0. The van der Waals surface area contributed by atoms with Crippen molar-refractivity contribution in [2.75, 3.05) is 64.4 Å². The molecule has 1 saturated heterocycles. The summed E-state index contributed by atoms with van der Waals surface area (Å²) in [5, 5.41) is 6.70. The van der Waals surface area contributed by atoms with Crippen LogP contribution < -0.4 is 15.5 Å². The second kappa shape index (κ2) is 14.1. The Morgan fingerprint density at radius 2 is 1.90 bits per heavy atom. The molecule has 1 aliphatic rings. The molecular weight excluding hydrogens is 497 g/mol. The third-order valence-electron chi connectivity index (χ3n) is 4.73. The zero-order valence-corrected chi connectivity index (χ0v) is 19.8. The average molecular weight is 529 g/mol. The summed E-state index contributed by atoms with van der Waals surface area (Å²) in [5.41, 5.74) is 0. The lowest BCUT2D eigenvalue weighted by molar-refractivity contribution is 0.105. The molecule has 1 aliphatic heterocycles. The molecule has 0 aliphatic carbocycles. The van der Waals surface area contributed by atoms with Crippen LogP contribution >= 0.6 is 24.0 Å². The maximum Gasteiger partial charge on any atom is 0.225 e. The van der Waals surface area contributed by atoms with E-state index in [0.717, 1.165) is 69.9 Å². The lowest BCUT2D eigenvalue weighted by Crippen LogP contribution is -2.49. The zero-order valence-electron chi connectivity index (χ0n) is 17.5. The van der Waals surface area contributed by atoms with Gasteiger partial charge in [-0.15, -0.1) is 24.0 Å². The largest absolute Gasteiger partial charge is 0.467 e. The van der Waals surface area contributed by atoms with Gasteiger partial charge in [-0.3, -0.25) is 9.89 Å². The van der Waals surface area contributed by atoms with E-state index in [9.17, 15) is 0 Å². The number of hydrogen-bond donors (Lipinski definition) is 2. The topological polar surface area (TPSA) is 91.1 Å². The number of aliphatic imine (C=N–C) groups is 1. The molecule has 166 valence electrons. The summed E-state index contributed by atoms with van der Waals surface area (Å²) in [6.07, 6.45) is 6.16. The lowest BCUT2D eigenvalue weighted by Gasteiger charge is -2.34. The van der Waals surface area contributed by atoms with Crippen molar-refractivity contribution >= 4 is 35.9 Å². The summed E-state index contributed by atoms with van der Waals surface area (Å²) in [5.74, 6) is 2.50. The summed E-state index contributed by atoms with van der Waals surface area (Å²) in [6.45, 7) is 7.78. The molecule has 0 amide bonds. The van der Waals surface area contributed by atoms with Crippen molar-refractivity contribution in [3.8, 4) is 0 Å². The van der Waals surface area contributed by atoms with Crippen molar-refractivity contribution in [3.05, 3.63) is 42.6 Å². The molecule has 1 fully saturated rings. The Labute approximate surface area is 195 Å². The van der Waals surface area contributed by atoms with E-state index in [1.165, 1.54) is 0 Å². The van der Waals surface area contributed by atoms with Crippen LogP contribution in [0.4, 0.5) is 5.95 Å². The number of nitrogens with zero attached hydrogens (tertiary/aromatic N) is 5. The molecule has 0 saturated carbocycles. The Kier molecular flexibility index (Phi) is 11.5. The number of anilines is 1. The number of piperazine rings is 1. The lowest BCUT2D eigenvalue weighted by atomic mass is 10.3. The Morgan fingerprint density at radius 3 is 2.60 bits per heavy atom. The highest BCUT2D eigenvalue weighted by atomic mass is 127. The molecule has 0 aromatic carbocycles. The van der Waals surface area contributed by atoms with Gasteiger partial charge in [0, 0.05) is 71.9 Å². The monoisotopic (exact) mass is 529 g/mol. The standard InChI is InChI=1S/C20H31N7O2.HI/c1-21-19(22-8-4-15-28-17-18-5-2-16-29-18)23-9-10-26-11-13-27(14-12-26)20-24-6-3-7-25-20;/h2-3,5-7,16H,4,8-15,17H2,1H3,(H2,21,22,23);1H. The van der Waals surface area contributed by atoms with Crippen LogP contribution in [0.25, 0.3) is 0 Å². The van der Waals surface area contributed by atoms with Crippen LogP contribution in [-0.4, -0.2) is 80.3 Å². The van der Waals surface area contributed by atoms with Crippen LogP contribution in [0.1, 0.15) is 12.2 Å². The first-order valence-electron chi connectivity index (χ1n) is 10.1. The van der Waals surface area contributed by atoms with E-state index in [0.29, 0.717) is 13.2 Å². The minimum Gasteiger partial charge on any atom is -0.467 e. The third-order valence-corrected chi connectivity index (χ3v) is 4.73. The molecule has 9 nitrogen and oxygen atoms in total. The second-order valence-corrected chi connectivity index (χ2v) is 6.79. The normalized spacial score (nSPS) is 15.0. The predicted molar refractivity (Wildman–Crippen MR) is 128 cm³/mol. The van der Waals surface area contributed by atoms with Gasteiger partial charge in [0.15, 0.2) is 5.96 Å². The maximum absolute atomic E-state index is 5.58. The average Bonchev–Trinajstić information content (AvgIpc) is 3.29. The maximum atomic E-state index is 5.58. The summed E-state index contributed by atoms with van der Waals surface area (Å²) >= 11 is 0. The molecule has 2 aromatic rings. The summed E-state index contributed by atoms with van der Waals surface area (Å²) in [7, 11) is 1.79. The van der Waals surface area contributed by atoms with E-state index in [4.69, 9.17) is 9.15 Å². The van der Waals surface area contributed by atoms with Gasteiger partial charge in [-0.2, -0.15) is 0 Å². The van der Waals surface area contributed by atoms with E-state index in [1.54, 1.807) is 25.7 Å². The minimum atomic E-state index is 0. The summed E-state index contributed by atoms with van der Waals surface area (Å²) < 4.78 is 10.8. The van der Waals surface area contributed by atoms with Crippen LogP contribution in [0.3, 0.4) is 0 Å². The molecular formula is C20H32IN7O2. The Hall–Kier alpha value is -1.92. The van der Waals surface area contributed by atoms with Crippen LogP contribution in [-0.2, 0) is 11.3 Å². The van der Waals surface area contributed by atoms with Gasteiger partial charge in [-0.1, -0.05) is 0 Å². The van der Waals surface area contributed by atoms with E-state index in [2.05, 4.69) is 35.4 Å². The summed E-state index contributed by atoms with van der Waals surface area (Å²) in [4.78, 5) is 17.6. The van der Waals surface area contributed by atoms with Gasteiger partial charge in [0.25, 0.3) is 0 Å². The zero-order chi connectivity index (χ0) is 20.2. The second-order valence-electron chi connectivity index (χ2n) is 6.79. The molecule has 0 unspecified atom stereocenters. The van der Waals surface area contributed by atoms with Crippen molar-refractivity contribution < 1.29 is 9.15 Å². The van der Waals surface area contributed by atoms with Gasteiger partial charge in [0.1, 0.15) is 12.4 Å². The number of nitrogens with one attached hydrogen (secondary N) is 2. The van der Waals surface area contributed by atoms with Crippen molar-refractivity contribution in [2.24, 2.45) is 4.99 Å². The molecule has 2 aromatic heterocycles. The van der Waals surface area contributed by atoms with E-state index in [-0.39, 0.29) is 24.0 Å². The number of aromatic nitrogens is 2. The van der Waals surface area contributed by atoms with Crippen LogP contribution in [0.5, 0.6) is 0 Å². The van der Waals surface area contributed by atoms with Crippen molar-refractivity contribution in [3.63, 3.8) is 0 Å². The summed E-state index contributed by atoms with van der Waals surface area (Å²) in [6, 6.07) is 5.63. The number of ether oxygens (including phenoxy) is 1. The highest BCUT2D eigenvalue weighted by Gasteiger charge is 2.18. The van der Waals surface area contributed by atoms with Crippen molar-refractivity contribution in [1.29, 1.82) is 0 Å². The third kappa shape index (κ3) is 8.44. The Morgan fingerprint density at radius 1 is 1.13 bits per heavy atom. The van der Waals surface area contributed by atoms with Gasteiger partial charge in [-0.05, 0) is 24.6 Å². The quantitative estimate of drug-likeness (QED) is 0.208. The number of rotatable bonds is 10. The fourth-order valence-corrected chi connectivity index (χ4v) is 3.13. The van der Waals surface area contributed by atoms with E-state index in [1.807, 2.05) is 18.2 Å². The van der Waals surface area contributed by atoms with Gasteiger partial charge in [0.2, 0.25) is 5.95 Å². The van der Waals surface area contributed by atoms with E-state index < -0.39 is 0 Å². The van der Waals surface area contributed by atoms with Crippen molar-refractivity contribution in [1.82, 2.24) is 25.5 Å². The van der Waals surface area contributed by atoms with Crippen LogP contribution in [0.15, 0.2) is 46.3 Å². The molecule has 30 heavy (non-hydrogen) atoms. The Bertz CT molecular complexity index is 707. The fourth-order valence-electron chi connectivity index (χ4n) is 3.13. The fraction of sp³-hybridized carbons (Fsp3) is 0.550. The van der Waals surface area contributed by atoms with Crippen LogP contribution in [0, 0.1) is 0 Å². The first kappa shape index (κ1) is 24.4. The number of hydrogen-bond acceptors (Lipinski definition) is 7. The molecule has 3 rings (SSSR count). The molecule has 2 N–H and O–H groups in total. The van der Waals surface area contributed by atoms with Gasteiger partial charge in [0.05, 0.1) is 6.26 Å². The smallest absolute Gasteiger partial charge is 0.225 e. The van der Waals surface area contributed by atoms with Gasteiger partial charge >= 0.3 is 0 Å². The minimum absolute atomic E-state index is 0. The van der Waals surface area contributed by atoms with Crippen molar-refractivity contribution in [2.45, 2.75) is 13.0 Å². The predicted octanol–water partition coefficient (Wildman–Crippen LogP) is 1.58. The highest BCUT2D eigenvalue weighted by Crippen LogP contribution is 2.09. The molecule has 0 radical (unpaired) electrons. The molecule has 0 spiro atoms. The Balaban J connectivity index is 0.00000320. The van der Waals surface area contributed by atoms with Gasteiger partial charge in [-0.25, -0.2) is 9.97 Å².